The van der Waals surface area contributed by atoms with Gasteiger partial charge in [0.05, 0.1) is 19.8 Å². The van der Waals surface area contributed by atoms with Crippen molar-refractivity contribution in [3.05, 3.63) is 59.0 Å². The summed E-state index contributed by atoms with van der Waals surface area (Å²) in [5, 5.41) is 4.84. The Bertz CT molecular complexity index is 883. The molecule has 1 N–H and O–H groups in total. The van der Waals surface area contributed by atoms with Crippen LogP contribution < -0.4 is 14.8 Å². The molecule has 0 aliphatic carbocycles. The molecule has 2 aromatic carbocycles. The first-order chi connectivity index (χ1) is 13.8. The van der Waals surface area contributed by atoms with Gasteiger partial charge in [0, 0.05) is 29.2 Å². The number of nitrogens with one attached hydrogen (secondary N) is 1. The molecule has 1 aromatic heterocycles. The van der Waals surface area contributed by atoms with Gasteiger partial charge in [-0.1, -0.05) is 24.3 Å². The zero-order chi connectivity index (χ0) is 19.3. The minimum Gasteiger partial charge on any atom is -0.493 e. The van der Waals surface area contributed by atoms with Gasteiger partial charge < -0.3 is 14.8 Å². The molecule has 148 valence electrons. The highest BCUT2D eigenvalue weighted by Gasteiger charge is 2.26. The molecule has 0 saturated carbocycles. The molecule has 28 heavy (non-hydrogen) atoms. The molecule has 4 nitrogen and oxygen atoms in total. The molecular formula is C23H28N2O2S. The Kier molecular flexibility index (Phi) is 6.15. The van der Waals surface area contributed by atoms with Crippen molar-refractivity contribution in [1.29, 1.82) is 0 Å². The Morgan fingerprint density at radius 1 is 1.07 bits per heavy atom. The Morgan fingerprint density at radius 3 is 2.79 bits per heavy atom. The van der Waals surface area contributed by atoms with Crippen LogP contribution in [0.25, 0.3) is 10.1 Å². The number of fused-ring (bicyclic) bond motifs is 1. The third-order valence-corrected chi connectivity index (χ3v) is 6.43. The quantitative estimate of drug-likeness (QED) is 0.655. The van der Waals surface area contributed by atoms with Crippen molar-refractivity contribution in [2.75, 3.05) is 39.9 Å². The molecule has 1 fully saturated rings. The lowest BCUT2D eigenvalue weighted by Gasteiger charge is -2.30. The first kappa shape index (κ1) is 19.2. The fourth-order valence-corrected chi connectivity index (χ4v) is 5.17. The first-order valence-electron chi connectivity index (χ1n) is 10.0. The number of rotatable bonds is 6. The number of ether oxygens (including phenoxy) is 2. The molecule has 0 amide bonds. The highest BCUT2D eigenvalue weighted by Crippen LogP contribution is 2.40. The Labute approximate surface area is 171 Å². The van der Waals surface area contributed by atoms with E-state index in [1.54, 1.807) is 7.11 Å². The number of hydrogen-bond acceptors (Lipinski definition) is 5. The Balaban J connectivity index is 1.78. The average Bonchev–Trinajstić information content (AvgIpc) is 2.96. The van der Waals surface area contributed by atoms with Crippen molar-refractivity contribution in [2.45, 2.75) is 19.4 Å². The zero-order valence-electron chi connectivity index (χ0n) is 16.6. The number of benzene rings is 2. The van der Waals surface area contributed by atoms with Crippen molar-refractivity contribution in [2.24, 2.45) is 0 Å². The second-order valence-corrected chi connectivity index (χ2v) is 8.19. The van der Waals surface area contributed by atoms with E-state index in [-0.39, 0.29) is 6.04 Å². The highest BCUT2D eigenvalue weighted by atomic mass is 32.1. The monoisotopic (exact) mass is 396 g/mol. The number of methoxy groups -OCH3 is 1. The van der Waals surface area contributed by atoms with E-state index in [9.17, 15) is 0 Å². The van der Waals surface area contributed by atoms with Crippen LogP contribution in [0.1, 0.15) is 29.8 Å². The van der Waals surface area contributed by atoms with Gasteiger partial charge in [-0.2, -0.15) is 0 Å². The van der Waals surface area contributed by atoms with E-state index in [2.05, 4.69) is 52.7 Å². The SMILES string of the molecule is CCOc1ccc(C(c2cc3ccccc3s2)N2CCCNCC2)cc1OC. The normalized spacial score (nSPS) is 16.6. The second kappa shape index (κ2) is 8.95. The molecule has 2 heterocycles. The molecule has 4 rings (SSSR count). The van der Waals surface area contributed by atoms with E-state index < -0.39 is 0 Å². The van der Waals surface area contributed by atoms with Gasteiger partial charge >= 0.3 is 0 Å². The van der Waals surface area contributed by atoms with Crippen LogP contribution in [0, 0.1) is 0 Å². The predicted octanol–water partition coefficient (Wildman–Crippen LogP) is 4.69. The third-order valence-electron chi connectivity index (χ3n) is 5.26. The van der Waals surface area contributed by atoms with Gasteiger partial charge in [0.1, 0.15) is 0 Å². The van der Waals surface area contributed by atoms with Gasteiger partial charge in [0.15, 0.2) is 11.5 Å². The maximum absolute atomic E-state index is 5.74. The van der Waals surface area contributed by atoms with Gasteiger partial charge in [-0.25, -0.2) is 0 Å². The summed E-state index contributed by atoms with van der Waals surface area (Å²) in [6, 6.07) is 17.6. The van der Waals surface area contributed by atoms with E-state index in [0.29, 0.717) is 6.61 Å². The molecule has 3 aromatic rings. The maximum Gasteiger partial charge on any atom is 0.161 e. The van der Waals surface area contributed by atoms with Gasteiger partial charge in [-0.3, -0.25) is 4.90 Å². The van der Waals surface area contributed by atoms with Crippen molar-refractivity contribution < 1.29 is 9.47 Å². The summed E-state index contributed by atoms with van der Waals surface area (Å²) in [6.45, 7) is 6.86. The van der Waals surface area contributed by atoms with Crippen molar-refractivity contribution >= 4 is 21.4 Å². The third kappa shape index (κ3) is 4.02. The smallest absolute Gasteiger partial charge is 0.161 e. The summed E-state index contributed by atoms with van der Waals surface area (Å²) in [5.74, 6) is 1.61. The Morgan fingerprint density at radius 2 is 1.96 bits per heavy atom. The van der Waals surface area contributed by atoms with Crippen LogP contribution in [0.2, 0.25) is 0 Å². The lowest BCUT2D eigenvalue weighted by Crippen LogP contribution is -2.32. The van der Waals surface area contributed by atoms with E-state index in [0.717, 1.165) is 44.1 Å². The molecule has 0 spiro atoms. The molecular weight excluding hydrogens is 368 g/mol. The Hall–Kier alpha value is -2.08. The number of nitrogens with zero attached hydrogens (tertiary/aromatic N) is 1. The van der Waals surface area contributed by atoms with Gasteiger partial charge in [0.25, 0.3) is 0 Å². The standard InChI is InChI=1S/C23H28N2O2S/c1-3-27-19-10-9-18(15-20(19)26-2)23(25-13-6-11-24-12-14-25)22-16-17-7-4-5-8-21(17)28-22/h4-5,7-10,15-16,23-24H,3,6,11-14H2,1-2H3. The van der Waals surface area contributed by atoms with Gasteiger partial charge in [0.2, 0.25) is 0 Å². The summed E-state index contributed by atoms with van der Waals surface area (Å²) in [5.41, 5.74) is 1.26. The van der Waals surface area contributed by atoms with Crippen LogP contribution in [0.15, 0.2) is 48.5 Å². The average molecular weight is 397 g/mol. The summed E-state index contributed by atoms with van der Waals surface area (Å²) in [4.78, 5) is 3.98. The van der Waals surface area contributed by atoms with Crippen molar-refractivity contribution in [3.8, 4) is 11.5 Å². The summed E-state index contributed by atoms with van der Waals surface area (Å²) >= 11 is 1.89. The van der Waals surface area contributed by atoms with Crippen LogP contribution >= 0.6 is 11.3 Å². The van der Waals surface area contributed by atoms with Crippen LogP contribution in [0.4, 0.5) is 0 Å². The summed E-state index contributed by atoms with van der Waals surface area (Å²) in [7, 11) is 1.71. The van der Waals surface area contributed by atoms with Crippen LogP contribution in [-0.4, -0.2) is 44.8 Å². The molecule has 1 aliphatic heterocycles. The van der Waals surface area contributed by atoms with E-state index >= 15 is 0 Å². The first-order valence-corrected chi connectivity index (χ1v) is 10.9. The highest BCUT2D eigenvalue weighted by molar-refractivity contribution is 7.19. The van der Waals surface area contributed by atoms with E-state index in [1.165, 1.54) is 20.5 Å². The molecule has 1 saturated heterocycles. The minimum absolute atomic E-state index is 0.224. The largest absolute Gasteiger partial charge is 0.493 e. The fraction of sp³-hybridized carbons (Fsp3) is 0.391. The molecule has 0 radical (unpaired) electrons. The molecule has 1 atom stereocenters. The number of thiophene rings is 1. The van der Waals surface area contributed by atoms with Crippen molar-refractivity contribution in [1.82, 2.24) is 10.2 Å². The predicted molar refractivity (Wildman–Crippen MR) is 117 cm³/mol. The van der Waals surface area contributed by atoms with Crippen LogP contribution in [-0.2, 0) is 0 Å². The molecule has 1 aliphatic rings. The lowest BCUT2D eigenvalue weighted by atomic mass is 10.0. The van der Waals surface area contributed by atoms with Crippen LogP contribution in [0.5, 0.6) is 11.5 Å². The maximum atomic E-state index is 5.74. The molecule has 5 heteroatoms. The van der Waals surface area contributed by atoms with Gasteiger partial charge in [-0.15, -0.1) is 11.3 Å². The molecule has 1 unspecified atom stereocenters. The number of hydrogen-bond donors (Lipinski definition) is 1. The van der Waals surface area contributed by atoms with E-state index in [1.807, 2.05) is 24.3 Å². The van der Waals surface area contributed by atoms with Gasteiger partial charge in [-0.05, 0) is 55.1 Å². The summed E-state index contributed by atoms with van der Waals surface area (Å²) < 4.78 is 12.7. The minimum atomic E-state index is 0.224. The summed E-state index contributed by atoms with van der Waals surface area (Å²) in [6.07, 6.45) is 1.16. The second-order valence-electron chi connectivity index (χ2n) is 7.07. The molecule has 0 bridgehead atoms. The lowest BCUT2D eigenvalue weighted by molar-refractivity contribution is 0.243. The van der Waals surface area contributed by atoms with Crippen molar-refractivity contribution in [3.63, 3.8) is 0 Å². The van der Waals surface area contributed by atoms with E-state index in [4.69, 9.17) is 9.47 Å². The fourth-order valence-electron chi connectivity index (χ4n) is 3.95. The topological polar surface area (TPSA) is 33.7 Å². The zero-order valence-corrected chi connectivity index (χ0v) is 17.4. The van der Waals surface area contributed by atoms with Crippen LogP contribution in [0.3, 0.4) is 0 Å².